The quantitative estimate of drug-likeness (QED) is 0.361. The average molecular weight is 474 g/mol. The summed E-state index contributed by atoms with van der Waals surface area (Å²) in [5, 5.41) is 25.5. The van der Waals surface area contributed by atoms with Crippen LogP contribution in [-0.4, -0.2) is 43.9 Å². The number of fused-ring (bicyclic) bond motifs is 3. The molecule has 1 amide bonds. The number of benzene rings is 1. The van der Waals surface area contributed by atoms with Crippen LogP contribution in [0.3, 0.4) is 0 Å². The minimum absolute atomic E-state index is 0.0616. The van der Waals surface area contributed by atoms with Crippen molar-refractivity contribution in [3.05, 3.63) is 59.4 Å². The van der Waals surface area contributed by atoms with E-state index in [4.69, 9.17) is 0 Å². The van der Waals surface area contributed by atoms with Crippen molar-refractivity contribution >= 4 is 34.0 Å². The zero-order valence-corrected chi connectivity index (χ0v) is 19.1. The lowest BCUT2D eigenvalue weighted by molar-refractivity contribution is -0.121. The molecule has 4 N–H and O–H groups in total. The molecule has 0 saturated heterocycles. The zero-order valence-electron chi connectivity index (χ0n) is 19.1. The first-order valence-electron chi connectivity index (χ1n) is 11.6. The molecule has 35 heavy (non-hydrogen) atoms. The van der Waals surface area contributed by atoms with Crippen molar-refractivity contribution < 1.29 is 14.3 Å². The highest BCUT2D eigenvalue weighted by Gasteiger charge is 2.23. The van der Waals surface area contributed by atoms with Crippen molar-refractivity contribution in [1.82, 2.24) is 25.1 Å². The van der Waals surface area contributed by atoms with Gasteiger partial charge in [0.05, 0.1) is 17.5 Å². The maximum Gasteiger partial charge on any atom is 0.241 e. The maximum absolute atomic E-state index is 15.2. The van der Waals surface area contributed by atoms with E-state index in [1.165, 1.54) is 6.07 Å². The third-order valence-corrected chi connectivity index (χ3v) is 6.62. The normalized spacial score (nSPS) is 17.2. The van der Waals surface area contributed by atoms with Crippen LogP contribution < -0.4 is 16.0 Å². The molecule has 2 aliphatic rings. The van der Waals surface area contributed by atoms with Crippen LogP contribution in [0.1, 0.15) is 29.5 Å². The molecule has 1 aromatic carbocycles. The summed E-state index contributed by atoms with van der Waals surface area (Å²) >= 11 is 0. The Hall–Kier alpha value is -4.05. The smallest absolute Gasteiger partial charge is 0.241 e. The van der Waals surface area contributed by atoms with E-state index < -0.39 is 6.10 Å². The summed E-state index contributed by atoms with van der Waals surface area (Å²) in [6.07, 6.45) is 3.93. The molecule has 0 bridgehead atoms. The Morgan fingerprint density at radius 2 is 1.94 bits per heavy atom. The SMILES string of the molecule is Cc1c(-c2cc3cc(Nc4cc5n(n4)CC(=O)NCC5)ncc3cc2F)cnc2c1NCC[C@H]2O. The van der Waals surface area contributed by atoms with Gasteiger partial charge in [0.25, 0.3) is 0 Å². The lowest BCUT2D eigenvalue weighted by atomic mass is 9.95. The van der Waals surface area contributed by atoms with E-state index in [0.717, 1.165) is 22.3 Å². The predicted octanol–water partition coefficient (Wildman–Crippen LogP) is 3.21. The van der Waals surface area contributed by atoms with Crippen LogP contribution in [-0.2, 0) is 17.8 Å². The number of amides is 1. The number of hydrogen-bond acceptors (Lipinski definition) is 7. The number of pyridine rings is 2. The molecule has 5 heterocycles. The topological polar surface area (TPSA) is 117 Å². The monoisotopic (exact) mass is 473 g/mol. The first-order valence-corrected chi connectivity index (χ1v) is 11.6. The van der Waals surface area contributed by atoms with Crippen LogP contribution in [0.5, 0.6) is 0 Å². The summed E-state index contributed by atoms with van der Waals surface area (Å²) in [7, 11) is 0. The van der Waals surface area contributed by atoms with E-state index >= 15 is 4.39 Å². The highest BCUT2D eigenvalue weighted by Crippen LogP contribution is 2.38. The number of carbonyl (C=O) groups is 1. The molecular weight excluding hydrogens is 449 g/mol. The van der Waals surface area contributed by atoms with Crippen LogP contribution in [0.15, 0.2) is 36.7 Å². The maximum atomic E-state index is 15.2. The molecule has 4 aromatic rings. The molecule has 0 saturated carbocycles. The number of hydrogen-bond donors (Lipinski definition) is 4. The number of nitrogens with one attached hydrogen (secondary N) is 3. The largest absolute Gasteiger partial charge is 0.387 e. The van der Waals surface area contributed by atoms with E-state index in [0.29, 0.717) is 59.8 Å². The van der Waals surface area contributed by atoms with Crippen LogP contribution in [0.2, 0.25) is 0 Å². The molecule has 0 aliphatic carbocycles. The van der Waals surface area contributed by atoms with Crippen LogP contribution in [0.25, 0.3) is 21.9 Å². The van der Waals surface area contributed by atoms with E-state index in [2.05, 4.69) is 31.0 Å². The molecule has 3 aromatic heterocycles. The van der Waals surface area contributed by atoms with Gasteiger partial charge in [-0.15, -0.1) is 0 Å². The average Bonchev–Trinajstić information content (AvgIpc) is 3.11. The van der Waals surface area contributed by atoms with Gasteiger partial charge >= 0.3 is 0 Å². The van der Waals surface area contributed by atoms with E-state index in [-0.39, 0.29) is 18.3 Å². The van der Waals surface area contributed by atoms with Crippen molar-refractivity contribution in [2.75, 3.05) is 23.7 Å². The van der Waals surface area contributed by atoms with Crippen LogP contribution >= 0.6 is 0 Å². The number of rotatable bonds is 3. The third-order valence-electron chi connectivity index (χ3n) is 6.62. The summed E-state index contributed by atoms with van der Waals surface area (Å²) in [4.78, 5) is 20.6. The second-order valence-corrected chi connectivity index (χ2v) is 8.94. The highest BCUT2D eigenvalue weighted by molar-refractivity contribution is 5.90. The first-order chi connectivity index (χ1) is 17.0. The number of aliphatic hydroxyl groups is 1. The fraction of sp³-hybridized carbons (Fsp3) is 0.280. The fourth-order valence-corrected chi connectivity index (χ4v) is 4.79. The molecule has 9 nitrogen and oxygen atoms in total. The second kappa shape index (κ2) is 8.31. The lowest BCUT2D eigenvalue weighted by Gasteiger charge is -2.25. The first kappa shape index (κ1) is 21.5. The summed E-state index contributed by atoms with van der Waals surface area (Å²) < 4.78 is 16.8. The van der Waals surface area contributed by atoms with Crippen molar-refractivity contribution in [3.63, 3.8) is 0 Å². The molecule has 178 valence electrons. The van der Waals surface area contributed by atoms with E-state index in [9.17, 15) is 9.90 Å². The Morgan fingerprint density at radius 1 is 1.06 bits per heavy atom. The predicted molar refractivity (Wildman–Crippen MR) is 130 cm³/mol. The Balaban J connectivity index is 1.35. The number of aromatic nitrogens is 4. The number of carbonyl (C=O) groups excluding carboxylic acids is 1. The molecule has 0 radical (unpaired) electrons. The summed E-state index contributed by atoms with van der Waals surface area (Å²) in [5.41, 5.74) is 4.29. The van der Waals surface area contributed by atoms with Gasteiger partial charge in [-0.3, -0.25) is 14.5 Å². The van der Waals surface area contributed by atoms with Crippen molar-refractivity contribution in [2.45, 2.75) is 32.4 Å². The number of nitrogens with zero attached hydrogens (tertiary/aromatic N) is 4. The number of aliphatic hydroxyl groups excluding tert-OH is 1. The summed E-state index contributed by atoms with van der Waals surface area (Å²) in [6, 6.07) is 7.02. The Labute approximate surface area is 200 Å². The molecule has 2 aliphatic heterocycles. The van der Waals surface area contributed by atoms with Crippen molar-refractivity contribution in [2.24, 2.45) is 0 Å². The van der Waals surface area contributed by atoms with Crippen molar-refractivity contribution in [3.8, 4) is 11.1 Å². The molecule has 0 spiro atoms. The van der Waals surface area contributed by atoms with Gasteiger partial charge in [0, 0.05) is 60.2 Å². The fourth-order valence-electron chi connectivity index (χ4n) is 4.79. The van der Waals surface area contributed by atoms with Gasteiger partial charge in [0.1, 0.15) is 18.2 Å². The second-order valence-electron chi connectivity index (χ2n) is 8.94. The minimum Gasteiger partial charge on any atom is -0.387 e. The lowest BCUT2D eigenvalue weighted by Crippen LogP contribution is -2.25. The molecule has 1 atom stereocenters. The molecule has 0 unspecified atom stereocenters. The summed E-state index contributed by atoms with van der Waals surface area (Å²) in [5.74, 6) is 0.742. The highest BCUT2D eigenvalue weighted by atomic mass is 19.1. The van der Waals surface area contributed by atoms with Gasteiger partial charge in [0.2, 0.25) is 5.91 Å². The van der Waals surface area contributed by atoms with Gasteiger partial charge in [-0.05, 0) is 42.5 Å². The van der Waals surface area contributed by atoms with Gasteiger partial charge in [-0.2, -0.15) is 5.10 Å². The molecule has 6 rings (SSSR count). The Kier molecular flexibility index (Phi) is 5.10. The van der Waals surface area contributed by atoms with Crippen LogP contribution in [0.4, 0.5) is 21.7 Å². The van der Waals surface area contributed by atoms with Gasteiger partial charge in [-0.1, -0.05) is 0 Å². The standard InChI is InChI=1S/C25H24FN7O2/c1-13-18(11-30-25-20(34)3-5-28-24(13)25)17-6-14-8-21(29-10-15(14)7-19(17)26)31-22-9-16-2-4-27-23(35)12-33(16)32-22/h6-11,20,28,34H,2-5,12H2,1H3,(H,27,35)(H,29,31,32)/t20-/m1/s1. The van der Waals surface area contributed by atoms with Crippen molar-refractivity contribution in [1.29, 1.82) is 0 Å². The Morgan fingerprint density at radius 3 is 2.83 bits per heavy atom. The van der Waals surface area contributed by atoms with E-state index in [1.54, 1.807) is 23.1 Å². The van der Waals surface area contributed by atoms with Gasteiger partial charge < -0.3 is 21.1 Å². The van der Waals surface area contributed by atoms with Crippen LogP contribution in [0, 0.1) is 12.7 Å². The number of anilines is 3. The minimum atomic E-state index is -0.618. The summed E-state index contributed by atoms with van der Waals surface area (Å²) in [6.45, 7) is 3.32. The molecule has 0 fully saturated rings. The van der Waals surface area contributed by atoms with Gasteiger partial charge in [0.15, 0.2) is 5.82 Å². The molecule has 10 heteroatoms. The number of halogens is 1. The molecular formula is C25H24FN7O2. The zero-order chi connectivity index (χ0) is 24.1. The third kappa shape index (κ3) is 3.85. The Bertz CT molecular complexity index is 1480. The van der Waals surface area contributed by atoms with E-state index in [1.807, 2.05) is 19.1 Å². The van der Waals surface area contributed by atoms with Gasteiger partial charge in [-0.25, -0.2) is 9.37 Å².